The maximum absolute atomic E-state index is 9.16. The van der Waals surface area contributed by atoms with Gasteiger partial charge in [-0.2, -0.15) is 5.26 Å². The first kappa shape index (κ1) is 20.2. The quantitative estimate of drug-likeness (QED) is 0.441. The van der Waals surface area contributed by atoms with E-state index in [2.05, 4.69) is 32.2 Å². The van der Waals surface area contributed by atoms with Gasteiger partial charge in [-0.3, -0.25) is 4.57 Å². The van der Waals surface area contributed by atoms with E-state index in [1.165, 1.54) is 11.8 Å². The number of nitriles is 1. The van der Waals surface area contributed by atoms with Gasteiger partial charge in [-0.1, -0.05) is 27.7 Å². The van der Waals surface area contributed by atoms with Crippen molar-refractivity contribution in [2.24, 2.45) is 0 Å². The summed E-state index contributed by atoms with van der Waals surface area (Å²) in [6, 6.07) is 17.5. The Kier molecular flexibility index (Phi) is 6.95. The van der Waals surface area contributed by atoms with Crippen molar-refractivity contribution in [1.82, 2.24) is 14.8 Å². The van der Waals surface area contributed by atoms with Gasteiger partial charge < -0.3 is 9.47 Å². The molecule has 0 aliphatic heterocycles. The Morgan fingerprint density at radius 1 is 1.07 bits per heavy atom. The van der Waals surface area contributed by atoms with Gasteiger partial charge in [0.1, 0.15) is 18.1 Å². The van der Waals surface area contributed by atoms with Crippen molar-refractivity contribution in [3.63, 3.8) is 0 Å². The Balaban J connectivity index is 1.88. The van der Waals surface area contributed by atoms with Crippen molar-refractivity contribution in [3.8, 4) is 23.3 Å². The second-order valence-electron chi connectivity index (χ2n) is 5.79. The first-order valence-electron chi connectivity index (χ1n) is 8.73. The maximum atomic E-state index is 9.16. The molecule has 3 aromatic rings. The highest BCUT2D eigenvalue weighted by Gasteiger charge is 2.17. The van der Waals surface area contributed by atoms with Crippen molar-refractivity contribution in [1.29, 1.82) is 5.26 Å². The van der Waals surface area contributed by atoms with Crippen LogP contribution in [0.15, 0.2) is 58.2 Å². The molecule has 2 aromatic carbocycles. The molecule has 6 nitrogen and oxygen atoms in total. The highest BCUT2D eigenvalue weighted by atomic mass is 79.9. The second-order valence-corrected chi connectivity index (χ2v) is 8.02. The third kappa shape index (κ3) is 5.06. The van der Waals surface area contributed by atoms with Crippen LogP contribution >= 0.6 is 27.7 Å². The molecule has 0 bridgehead atoms. The van der Waals surface area contributed by atoms with E-state index in [4.69, 9.17) is 14.7 Å². The highest BCUT2D eigenvalue weighted by Crippen LogP contribution is 2.27. The molecule has 0 spiro atoms. The van der Waals surface area contributed by atoms with Gasteiger partial charge >= 0.3 is 0 Å². The predicted molar refractivity (Wildman–Crippen MR) is 112 cm³/mol. The fourth-order valence-corrected chi connectivity index (χ4v) is 3.49. The van der Waals surface area contributed by atoms with Crippen LogP contribution in [0, 0.1) is 11.3 Å². The van der Waals surface area contributed by atoms with Crippen LogP contribution in [0.1, 0.15) is 19.7 Å². The minimum Gasteiger partial charge on any atom is -0.494 e. The van der Waals surface area contributed by atoms with Crippen LogP contribution in [0.25, 0.3) is 5.69 Å². The van der Waals surface area contributed by atoms with Crippen molar-refractivity contribution >= 4 is 27.7 Å². The molecule has 144 valence electrons. The van der Waals surface area contributed by atoms with Crippen LogP contribution in [0.2, 0.25) is 0 Å². The van der Waals surface area contributed by atoms with Gasteiger partial charge in [-0.15, -0.1) is 10.2 Å². The fourth-order valence-electron chi connectivity index (χ4n) is 2.45. The standard InChI is InChI=1S/C20H19BrN4O2S/c1-3-26-17-10-6-16(7-11-17)25-19(23-24-20(25)28-14(2)12-22)13-27-18-8-4-15(21)5-9-18/h4-11,14H,3,13H2,1-2H3. The molecule has 0 fully saturated rings. The van der Waals surface area contributed by atoms with Crippen LogP contribution < -0.4 is 9.47 Å². The van der Waals surface area contributed by atoms with Crippen LogP contribution in [-0.2, 0) is 6.61 Å². The van der Waals surface area contributed by atoms with Gasteiger partial charge in [0, 0.05) is 10.2 Å². The minimum atomic E-state index is -0.245. The SMILES string of the molecule is CCOc1ccc(-n2c(COc3ccc(Br)cc3)nnc2SC(C)C#N)cc1. The number of nitrogens with zero attached hydrogens (tertiary/aromatic N) is 4. The first-order valence-corrected chi connectivity index (χ1v) is 10.4. The zero-order valence-electron chi connectivity index (χ0n) is 15.5. The number of rotatable bonds is 8. The van der Waals surface area contributed by atoms with E-state index in [9.17, 15) is 0 Å². The highest BCUT2D eigenvalue weighted by molar-refractivity contribution is 9.10. The summed E-state index contributed by atoms with van der Waals surface area (Å²) in [4.78, 5) is 0. The average Bonchev–Trinajstić information content (AvgIpc) is 3.10. The third-order valence-corrected chi connectivity index (χ3v) is 5.21. The molecule has 0 saturated carbocycles. The number of halogens is 1. The number of thioether (sulfide) groups is 1. The van der Waals surface area contributed by atoms with Gasteiger partial charge in [0.2, 0.25) is 0 Å². The normalized spacial score (nSPS) is 11.6. The van der Waals surface area contributed by atoms with E-state index < -0.39 is 0 Å². The summed E-state index contributed by atoms with van der Waals surface area (Å²) in [5, 5.41) is 18.1. The molecule has 0 saturated heterocycles. The smallest absolute Gasteiger partial charge is 0.197 e. The molecule has 0 aliphatic rings. The lowest BCUT2D eigenvalue weighted by Crippen LogP contribution is -2.07. The third-order valence-electron chi connectivity index (χ3n) is 3.75. The largest absolute Gasteiger partial charge is 0.494 e. The lowest BCUT2D eigenvalue weighted by atomic mass is 10.3. The van der Waals surface area contributed by atoms with Gasteiger partial charge in [0.25, 0.3) is 0 Å². The van der Waals surface area contributed by atoms with Crippen LogP contribution in [0.4, 0.5) is 0 Å². The number of aromatic nitrogens is 3. The molecule has 0 radical (unpaired) electrons. The summed E-state index contributed by atoms with van der Waals surface area (Å²) in [5.74, 6) is 2.19. The Hall–Kier alpha value is -2.50. The van der Waals surface area contributed by atoms with Crippen molar-refractivity contribution in [2.45, 2.75) is 30.9 Å². The van der Waals surface area contributed by atoms with E-state index in [0.717, 1.165) is 21.7 Å². The Morgan fingerprint density at radius 2 is 1.71 bits per heavy atom. The monoisotopic (exact) mass is 458 g/mol. The van der Waals surface area contributed by atoms with E-state index in [0.29, 0.717) is 17.6 Å². The minimum absolute atomic E-state index is 0.245. The molecule has 0 N–H and O–H groups in total. The second kappa shape index (κ2) is 9.62. The number of hydrogen-bond acceptors (Lipinski definition) is 6. The number of hydrogen-bond donors (Lipinski definition) is 0. The van der Waals surface area contributed by atoms with E-state index in [1.54, 1.807) is 0 Å². The summed E-state index contributed by atoms with van der Waals surface area (Å²) in [5.41, 5.74) is 0.885. The van der Waals surface area contributed by atoms with Crippen molar-refractivity contribution in [2.75, 3.05) is 6.61 Å². The van der Waals surface area contributed by atoms with Gasteiger partial charge in [-0.25, -0.2) is 0 Å². The van der Waals surface area contributed by atoms with Gasteiger partial charge in [0.05, 0.1) is 17.9 Å². The number of ether oxygens (including phenoxy) is 2. The molecule has 3 rings (SSSR count). The van der Waals surface area contributed by atoms with E-state index >= 15 is 0 Å². The van der Waals surface area contributed by atoms with Crippen LogP contribution in [0.3, 0.4) is 0 Å². The zero-order chi connectivity index (χ0) is 19.9. The predicted octanol–water partition coefficient (Wildman–Crippen LogP) is 5.01. The fraction of sp³-hybridized carbons (Fsp3) is 0.250. The Bertz CT molecular complexity index is 952. The average molecular weight is 459 g/mol. The van der Waals surface area contributed by atoms with Crippen molar-refractivity contribution in [3.05, 3.63) is 58.8 Å². The zero-order valence-corrected chi connectivity index (χ0v) is 17.9. The lowest BCUT2D eigenvalue weighted by Gasteiger charge is -2.12. The summed E-state index contributed by atoms with van der Waals surface area (Å²) in [6.07, 6.45) is 0. The topological polar surface area (TPSA) is 73.0 Å². The summed E-state index contributed by atoms with van der Waals surface area (Å²) >= 11 is 4.77. The Morgan fingerprint density at radius 3 is 2.36 bits per heavy atom. The van der Waals surface area contributed by atoms with Gasteiger partial charge in [0.15, 0.2) is 11.0 Å². The molecular weight excluding hydrogens is 440 g/mol. The van der Waals surface area contributed by atoms with Crippen LogP contribution in [-0.4, -0.2) is 26.6 Å². The molecule has 0 aliphatic carbocycles. The summed E-state index contributed by atoms with van der Waals surface area (Å²) < 4.78 is 14.3. The molecule has 1 heterocycles. The van der Waals surface area contributed by atoms with Gasteiger partial charge in [-0.05, 0) is 62.4 Å². The molecule has 0 amide bonds. The van der Waals surface area contributed by atoms with Crippen molar-refractivity contribution < 1.29 is 9.47 Å². The molecule has 1 atom stereocenters. The molecule has 1 aromatic heterocycles. The summed E-state index contributed by atoms with van der Waals surface area (Å²) in [6.45, 7) is 4.64. The maximum Gasteiger partial charge on any atom is 0.197 e. The number of benzene rings is 2. The molecule has 8 heteroatoms. The van der Waals surface area contributed by atoms with E-state index in [1.807, 2.05) is 66.9 Å². The molecule has 1 unspecified atom stereocenters. The molecule has 28 heavy (non-hydrogen) atoms. The molecular formula is C20H19BrN4O2S. The summed E-state index contributed by atoms with van der Waals surface area (Å²) in [7, 11) is 0. The van der Waals surface area contributed by atoms with E-state index in [-0.39, 0.29) is 11.9 Å². The lowest BCUT2D eigenvalue weighted by molar-refractivity contribution is 0.292. The first-order chi connectivity index (χ1) is 13.6. The van der Waals surface area contributed by atoms with Crippen LogP contribution in [0.5, 0.6) is 11.5 Å². The Labute approximate surface area is 176 Å².